The fourth-order valence-electron chi connectivity index (χ4n) is 3.28. The first-order chi connectivity index (χ1) is 10.0. The summed E-state index contributed by atoms with van der Waals surface area (Å²) in [4.78, 5) is 27.1. The van der Waals surface area contributed by atoms with Crippen LogP contribution in [0.4, 0.5) is 0 Å². The molecule has 0 aliphatic carbocycles. The zero-order valence-corrected chi connectivity index (χ0v) is 13.3. The Bertz CT molecular complexity index is 392. The average molecular weight is 297 g/mol. The van der Waals surface area contributed by atoms with E-state index in [1.807, 2.05) is 6.92 Å². The largest absolute Gasteiger partial charge is 0.377 e. The van der Waals surface area contributed by atoms with Gasteiger partial charge in [-0.3, -0.25) is 9.59 Å². The number of carbonyl (C=O) groups is 2. The number of nitrogens with zero attached hydrogens (tertiary/aromatic N) is 1. The van der Waals surface area contributed by atoms with Crippen molar-refractivity contribution in [3.05, 3.63) is 0 Å². The van der Waals surface area contributed by atoms with Gasteiger partial charge in [-0.1, -0.05) is 13.8 Å². The van der Waals surface area contributed by atoms with E-state index in [9.17, 15) is 9.59 Å². The van der Waals surface area contributed by atoms with Crippen LogP contribution >= 0.6 is 0 Å². The van der Waals surface area contributed by atoms with Crippen molar-refractivity contribution < 1.29 is 14.3 Å². The van der Waals surface area contributed by atoms with Gasteiger partial charge in [-0.05, 0) is 25.8 Å². The van der Waals surface area contributed by atoms with E-state index in [-0.39, 0.29) is 23.1 Å². The van der Waals surface area contributed by atoms with Crippen LogP contribution in [0.25, 0.3) is 0 Å². The number of likely N-dealkylation sites (N-methyl/N-ethyl adjacent to an activating group) is 1. The number of ether oxygens (including phenoxy) is 1. The van der Waals surface area contributed by atoms with E-state index in [4.69, 9.17) is 4.74 Å². The maximum atomic E-state index is 13.1. The van der Waals surface area contributed by atoms with E-state index < -0.39 is 6.04 Å². The van der Waals surface area contributed by atoms with E-state index in [2.05, 4.69) is 24.5 Å². The zero-order valence-electron chi connectivity index (χ0n) is 13.3. The van der Waals surface area contributed by atoms with Gasteiger partial charge in [0.1, 0.15) is 6.04 Å². The predicted molar refractivity (Wildman–Crippen MR) is 79.8 cm³/mol. The van der Waals surface area contributed by atoms with E-state index in [1.54, 1.807) is 4.90 Å². The van der Waals surface area contributed by atoms with Gasteiger partial charge < -0.3 is 20.3 Å². The van der Waals surface area contributed by atoms with Gasteiger partial charge >= 0.3 is 0 Å². The predicted octanol–water partition coefficient (Wildman–Crippen LogP) is -0.0144. The van der Waals surface area contributed by atoms with Crippen molar-refractivity contribution >= 4 is 11.8 Å². The molecule has 0 saturated carbocycles. The highest BCUT2D eigenvalue weighted by Gasteiger charge is 2.48. The molecule has 2 amide bonds. The average Bonchev–Trinajstić information content (AvgIpc) is 2.97. The third-order valence-corrected chi connectivity index (χ3v) is 4.76. The van der Waals surface area contributed by atoms with Crippen LogP contribution in [-0.4, -0.2) is 62.1 Å². The molecule has 0 aromatic rings. The van der Waals surface area contributed by atoms with Crippen LogP contribution in [0.15, 0.2) is 0 Å². The van der Waals surface area contributed by atoms with Gasteiger partial charge in [0, 0.05) is 19.6 Å². The highest BCUT2D eigenvalue weighted by atomic mass is 16.5. The normalized spacial score (nSPS) is 29.7. The number of amides is 2. The third-order valence-electron chi connectivity index (χ3n) is 4.76. The quantitative estimate of drug-likeness (QED) is 0.765. The Hall–Kier alpha value is -1.14. The van der Waals surface area contributed by atoms with Crippen molar-refractivity contribution in [1.29, 1.82) is 0 Å². The summed E-state index contributed by atoms with van der Waals surface area (Å²) in [6.07, 6.45) is 0.836. The maximum Gasteiger partial charge on any atom is 0.245 e. The SMILES string of the molecule is CCNC(=O)C1COCCN1C(=O)C1(C(C)C)CCNC1. The smallest absolute Gasteiger partial charge is 0.245 e. The monoisotopic (exact) mass is 297 g/mol. The molecule has 21 heavy (non-hydrogen) atoms. The maximum absolute atomic E-state index is 13.1. The summed E-state index contributed by atoms with van der Waals surface area (Å²) < 4.78 is 5.42. The van der Waals surface area contributed by atoms with Crippen molar-refractivity contribution in [1.82, 2.24) is 15.5 Å². The van der Waals surface area contributed by atoms with Gasteiger partial charge in [-0.2, -0.15) is 0 Å². The topological polar surface area (TPSA) is 70.7 Å². The van der Waals surface area contributed by atoms with Crippen LogP contribution in [0.5, 0.6) is 0 Å². The first kappa shape index (κ1) is 16.2. The molecule has 2 fully saturated rings. The number of rotatable bonds is 4. The lowest BCUT2D eigenvalue weighted by Crippen LogP contribution is -2.60. The highest BCUT2D eigenvalue weighted by molar-refractivity contribution is 5.91. The molecule has 0 aromatic carbocycles. The Morgan fingerprint density at radius 3 is 2.81 bits per heavy atom. The van der Waals surface area contributed by atoms with Crippen molar-refractivity contribution in [3.8, 4) is 0 Å². The van der Waals surface area contributed by atoms with Crippen LogP contribution in [0.3, 0.4) is 0 Å². The standard InChI is InChI=1S/C15H27N3O3/c1-4-17-13(19)12-9-21-8-7-18(12)14(20)15(11(2)3)5-6-16-10-15/h11-12,16H,4-10H2,1-3H3,(H,17,19). The minimum atomic E-state index is -0.498. The summed E-state index contributed by atoms with van der Waals surface area (Å²) in [5.41, 5.74) is -0.387. The molecule has 2 saturated heterocycles. The summed E-state index contributed by atoms with van der Waals surface area (Å²) >= 11 is 0. The van der Waals surface area contributed by atoms with Crippen LogP contribution in [0.1, 0.15) is 27.2 Å². The number of hydrogen-bond donors (Lipinski definition) is 2. The molecule has 0 spiro atoms. The molecule has 2 rings (SSSR count). The van der Waals surface area contributed by atoms with Crippen LogP contribution in [0, 0.1) is 11.3 Å². The lowest BCUT2D eigenvalue weighted by molar-refractivity contribution is -0.158. The van der Waals surface area contributed by atoms with Crippen molar-refractivity contribution in [2.24, 2.45) is 11.3 Å². The Morgan fingerprint density at radius 2 is 2.24 bits per heavy atom. The molecule has 0 radical (unpaired) electrons. The van der Waals surface area contributed by atoms with E-state index in [0.29, 0.717) is 32.8 Å². The Kier molecular flexibility index (Phi) is 5.22. The molecule has 2 unspecified atom stereocenters. The first-order valence-corrected chi connectivity index (χ1v) is 7.90. The second kappa shape index (κ2) is 6.75. The number of carbonyl (C=O) groups excluding carboxylic acids is 2. The lowest BCUT2D eigenvalue weighted by atomic mass is 9.75. The summed E-state index contributed by atoms with van der Waals surface area (Å²) in [5.74, 6) is 0.232. The number of hydrogen-bond acceptors (Lipinski definition) is 4. The molecule has 6 nitrogen and oxygen atoms in total. The van der Waals surface area contributed by atoms with E-state index >= 15 is 0 Å². The van der Waals surface area contributed by atoms with Crippen LogP contribution in [-0.2, 0) is 14.3 Å². The Balaban J connectivity index is 2.20. The molecule has 2 N–H and O–H groups in total. The molecule has 2 atom stereocenters. The molecule has 0 aromatic heterocycles. The fourth-order valence-corrected chi connectivity index (χ4v) is 3.28. The minimum absolute atomic E-state index is 0.0991. The van der Waals surface area contributed by atoms with Crippen LogP contribution in [0.2, 0.25) is 0 Å². The van der Waals surface area contributed by atoms with Gasteiger partial charge in [0.2, 0.25) is 11.8 Å². The summed E-state index contributed by atoms with van der Waals surface area (Å²) in [6, 6.07) is -0.498. The molecule has 2 heterocycles. The summed E-state index contributed by atoms with van der Waals surface area (Å²) in [5, 5.41) is 6.11. The first-order valence-electron chi connectivity index (χ1n) is 7.90. The Labute approximate surface area is 126 Å². The van der Waals surface area contributed by atoms with Gasteiger partial charge in [0.25, 0.3) is 0 Å². The molecule has 120 valence electrons. The van der Waals surface area contributed by atoms with E-state index in [0.717, 1.165) is 13.0 Å². The molecule has 0 bridgehead atoms. The van der Waals surface area contributed by atoms with Crippen LogP contribution < -0.4 is 10.6 Å². The third kappa shape index (κ3) is 3.06. The minimum Gasteiger partial charge on any atom is -0.377 e. The Morgan fingerprint density at radius 1 is 1.48 bits per heavy atom. The van der Waals surface area contributed by atoms with E-state index in [1.165, 1.54) is 0 Å². The number of morpholine rings is 1. The second-order valence-electron chi connectivity index (χ2n) is 6.22. The van der Waals surface area contributed by atoms with Crippen molar-refractivity contribution in [3.63, 3.8) is 0 Å². The van der Waals surface area contributed by atoms with Gasteiger partial charge in [0.15, 0.2) is 0 Å². The zero-order chi connectivity index (χ0) is 15.5. The summed E-state index contributed by atoms with van der Waals surface area (Å²) in [7, 11) is 0. The molecule has 2 aliphatic rings. The lowest BCUT2D eigenvalue weighted by Gasteiger charge is -2.41. The van der Waals surface area contributed by atoms with Gasteiger partial charge in [-0.15, -0.1) is 0 Å². The van der Waals surface area contributed by atoms with Crippen molar-refractivity contribution in [2.45, 2.75) is 33.2 Å². The molecule has 6 heteroatoms. The van der Waals surface area contributed by atoms with Gasteiger partial charge in [-0.25, -0.2) is 0 Å². The van der Waals surface area contributed by atoms with Gasteiger partial charge in [0.05, 0.1) is 18.6 Å². The van der Waals surface area contributed by atoms with Crippen molar-refractivity contribution in [2.75, 3.05) is 39.4 Å². The second-order valence-corrected chi connectivity index (χ2v) is 6.22. The number of nitrogens with one attached hydrogen (secondary N) is 2. The molecular formula is C15H27N3O3. The molecular weight excluding hydrogens is 270 g/mol. The fraction of sp³-hybridized carbons (Fsp3) is 0.867. The highest BCUT2D eigenvalue weighted by Crippen LogP contribution is 2.37. The molecule has 2 aliphatic heterocycles. The summed E-state index contributed by atoms with van der Waals surface area (Å²) in [6.45, 7) is 9.47.